The van der Waals surface area contributed by atoms with Crippen LogP contribution in [-0.4, -0.2) is 29.4 Å². The highest BCUT2D eigenvalue weighted by Crippen LogP contribution is 2.28. The summed E-state index contributed by atoms with van der Waals surface area (Å²) in [7, 11) is 0. The average Bonchev–Trinajstić information content (AvgIpc) is 2.54. The molecular weight excluding hydrogens is 332 g/mol. The van der Waals surface area contributed by atoms with Crippen LogP contribution in [0.15, 0.2) is 42.5 Å². The molecule has 1 unspecified atom stereocenters. The van der Waals surface area contributed by atoms with Crippen molar-refractivity contribution >= 4 is 5.97 Å². The van der Waals surface area contributed by atoms with Crippen LogP contribution in [0.3, 0.4) is 0 Å². The molecule has 0 fully saturated rings. The average molecular weight is 358 g/mol. The van der Waals surface area contributed by atoms with Gasteiger partial charge in [0.1, 0.15) is 23.4 Å². The lowest BCUT2D eigenvalue weighted by Crippen LogP contribution is -2.27. The van der Waals surface area contributed by atoms with Gasteiger partial charge in [-0.3, -0.25) is 0 Å². The molecule has 26 heavy (non-hydrogen) atoms. The molecule has 5 nitrogen and oxygen atoms in total. The van der Waals surface area contributed by atoms with Crippen molar-refractivity contribution in [3.63, 3.8) is 0 Å². The quantitative estimate of drug-likeness (QED) is 0.749. The molecule has 0 saturated heterocycles. The van der Waals surface area contributed by atoms with E-state index in [1.165, 1.54) is 12.1 Å². The first-order chi connectivity index (χ1) is 12.1. The first-order valence-electron chi connectivity index (χ1n) is 8.56. The summed E-state index contributed by atoms with van der Waals surface area (Å²) < 4.78 is 17.3. The molecular formula is C21H26O5. The fraction of sp³-hybridized carbons (Fsp3) is 0.381. The Labute approximate surface area is 154 Å². The summed E-state index contributed by atoms with van der Waals surface area (Å²) in [5.74, 6) is 0.431. The van der Waals surface area contributed by atoms with Crippen molar-refractivity contribution in [2.24, 2.45) is 0 Å². The Bertz CT molecular complexity index is 744. The zero-order chi connectivity index (χ0) is 19.3. The molecule has 0 saturated carbocycles. The minimum atomic E-state index is -1.04. The van der Waals surface area contributed by atoms with E-state index in [1.54, 1.807) is 6.07 Å². The van der Waals surface area contributed by atoms with E-state index < -0.39 is 5.97 Å². The largest absolute Gasteiger partial charge is 0.488 e. The zero-order valence-electron chi connectivity index (χ0n) is 15.9. The van der Waals surface area contributed by atoms with Gasteiger partial charge in [0.25, 0.3) is 0 Å². The molecule has 2 aromatic rings. The maximum absolute atomic E-state index is 11.4. The molecule has 0 heterocycles. The van der Waals surface area contributed by atoms with E-state index in [0.717, 1.165) is 5.56 Å². The number of rotatable bonds is 7. The van der Waals surface area contributed by atoms with Crippen molar-refractivity contribution < 1.29 is 24.1 Å². The van der Waals surface area contributed by atoms with Gasteiger partial charge >= 0.3 is 5.97 Å². The van der Waals surface area contributed by atoms with Crippen LogP contribution in [0.25, 0.3) is 0 Å². The summed E-state index contributed by atoms with van der Waals surface area (Å²) >= 11 is 0. The molecule has 0 aliphatic rings. The lowest BCUT2D eigenvalue weighted by Gasteiger charge is -2.23. The van der Waals surface area contributed by atoms with Gasteiger partial charge in [-0.2, -0.15) is 0 Å². The predicted octanol–water partition coefficient (Wildman–Crippen LogP) is 5.07. The Morgan fingerprint density at radius 2 is 1.65 bits per heavy atom. The van der Waals surface area contributed by atoms with Crippen LogP contribution in [0.1, 0.15) is 43.6 Å². The van der Waals surface area contributed by atoms with Crippen LogP contribution < -0.4 is 9.47 Å². The highest BCUT2D eigenvalue weighted by atomic mass is 16.5. The van der Waals surface area contributed by atoms with Crippen molar-refractivity contribution in [3.8, 4) is 17.2 Å². The number of benzene rings is 2. The van der Waals surface area contributed by atoms with E-state index in [4.69, 9.17) is 14.2 Å². The van der Waals surface area contributed by atoms with E-state index in [-0.39, 0.29) is 17.3 Å². The van der Waals surface area contributed by atoms with Gasteiger partial charge in [0.15, 0.2) is 0 Å². The van der Waals surface area contributed by atoms with Gasteiger partial charge in [-0.25, -0.2) is 4.79 Å². The number of carboxylic acid groups (broad SMARTS) is 1. The summed E-state index contributed by atoms with van der Waals surface area (Å²) in [6, 6.07) is 12.2. The molecule has 0 spiro atoms. The number of hydrogen-bond acceptors (Lipinski definition) is 4. The molecule has 5 heteroatoms. The van der Waals surface area contributed by atoms with E-state index in [0.29, 0.717) is 23.9 Å². The van der Waals surface area contributed by atoms with Gasteiger partial charge in [-0.15, -0.1) is 0 Å². The third-order valence-corrected chi connectivity index (χ3v) is 3.47. The van der Waals surface area contributed by atoms with E-state index in [9.17, 15) is 9.90 Å². The summed E-state index contributed by atoms with van der Waals surface area (Å²) in [6.07, 6.45) is -0.231. The molecule has 1 atom stereocenters. The molecule has 1 N–H and O–H groups in total. The topological polar surface area (TPSA) is 65.0 Å². The molecule has 2 rings (SSSR count). The maximum atomic E-state index is 11.4. The van der Waals surface area contributed by atoms with Crippen molar-refractivity contribution in [2.45, 2.75) is 46.3 Å². The second-order valence-corrected chi connectivity index (χ2v) is 7.27. The molecule has 0 bridgehead atoms. The number of hydrogen-bond donors (Lipinski definition) is 1. The van der Waals surface area contributed by atoms with E-state index in [2.05, 4.69) is 0 Å². The highest BCUT2D eigenvalue weighted by molar-refractivity contribution is 5.88. The summed E-state index contributed by atoms with van der Waals surface area (Å²) in [6.45, 7) is 10.2. The van der Waals surface area contributed by atoms with Crippen molar-refractivity contribution in [2.75, 3.05) is 6.61 Å². The number of aryl methyl sites for hydroxylation is 1. The summed E-state index contributed by atoms with van der Waals surface area (Å²) in [5, 5.41) is 9.34. The maximum Gasteiger partial charge on any atom is 0.335 e. The minimum absolute atomic E-state index is 0.105. The monoisotopic (exact) mass is 358 g/mol. The molecule has 0 aliphatic carbocycles. The van der Waals surface area contributed by atoms with Crippen LogP contribution in [0.2, 0.25) is 0 Å². The van der Waals surface area contributed by atoms with Gasteiger partial charge < -0.3 is 19.3 Å². The minimum Gasteiger partial charge on any atom is -0.488 e. The van der Waals surface area contributed by atoms with Crippen molar-refractivity contribution in [1.29, 1.82) is 0 Å². The van der Waals surface area contributed by atoms with Crippen molar-refractivity contribution in [3.05, 3.63) is 53.6 Å². The fourth-order valence-electron chi connectivity index (χ4n) is 2.20. The Kier molecular flexibility index (Phi) is 6.27. The SMILES string of the molecule is Cc1ccc(Oc2cc(OC(C)COC(C)(C)C)cc(C(=O)O)c2)cc1. The number of aromatic carboxylic acids is 1. The Hall–Kier alpha value is -2.53. The molecule has 140 valence electrons. The first-order valence-corrected chi connectivity index (χ1v) is 8.56. The van der Waals surface area contributed by atoms with Gasteiger partial charge in [0.05, 0.1) is 17.8 Å². The predicted molar refractivity (Wildman–Crippen MR) is 100 cm³/mol. The Morgan fingerprint density at radius 1 is 1.04 bits per heavy atom. The van der Waals surface area contributed by atoms with Gasteiger partial charge in [-0.1, -0.05) is 17.7 Å². The Morgan fingerprint density at radius 3 is 2.23 bits per heavy atom. The fourth-order valence-corrected chi connectivity index (χ4v) is 2.20. The van der Waals surface area contributed by atoms with Crippen LogP contribution in [-0.2, 0) is 4.74 Å². The van der Waals surface area contributed by atoms with Gasteiger partial charge in [0.2, 0.25) is 0 Å². The number of ether oxygens (including phenoxy) is 3. The highest BCUT2D eigenvalue weighted by Gasteiger charge is 2.15. The zero-order valence-corrected chi connectivity index (χ0v) is 15.9. The third kappa shape index (κ3) is 6.41. The van der Waals surface area contributed by atoms with Crippen LogP contribution in [0.4, 0.5) is 0 Å². The molecule has 0 aromatic heterocycles. The normalized spacial score (nSPS) is 12.5. The molecule has 0 radical (unpaired) electrons. The Balaban J connectivity index is 2.16. The van der Waals surface area contributed by atoms with Crippen LogP contribution >= 0.6 is 0 Å². The second-order valence-electron chi connectivity index (χ2n) is 7.27. The first kappa shape index (κ1) is 19.8. The number of carboxylic acids is 1. The van der Waals surface area contributed by atoms with Crippen LogP contribution in [0.5, 0.6) is 17.2 Å². The van der Waals surface area contributed by atoms with Crippen LogP contribution in [0, 0.1) is 6.92 Å². The van der Waals surface area contributed by atoms with Crippen molar-refractivity contribution in [1.82, 2.24) is 0 Å². The van der Waals surface area contributed by atoms with E-state index >= 15 is 0 Å². The second kappa shape index (κ2) is 8.23. The number of carbonyl (C=O) groups is 1. The summed E-state index contributed by atoms with van der Waals surface area (Å²) in [4.78, 5) is 11.4. The molecule has 0 aliphatic heterocycles. The smallest absolute Gasteiger partial charge is 0.335 e. The molecule has 2 aromatic carbocycles. The lowest BCUT2D eigenvalue weighted by molar-refractivity contribution is -0.0374. The molecule has 0 amide bonds. The third-order valence-electron chi connectivity index (χ3n) is 3.47. The van der Waals surface area contributed by atoms with E-state index in [1.807, 2.05) is 58.9 Å². The van der Waals surface area contributed by atoms with Gasteiger partial charge in [-0.05, 0) is 58.9 Å². The standard InChI is InChI=1S/C21H26O5/c1-14-6-8-17(9-7-14)26-19-11-16(20(22)23)10-18(12-19)25-15(2)13-24-21(3,4)5/h6-12,15H,13H2,1-5H3,(H,22,23). The van der Waals surface area contributed by atoms with Gasteiger partial charge in [0, 0.05) is 6.07 Å². The summed E-state index contributed by atoms with van der Waals surface area (Å²) in [5.41, 5.74) is 0.960. The lowest BCUT2D eigenvalue weighted by atomic mass is 10.2.